The predicted molar refractivity (Wildman–Crippen MR) is 85.7 cm³/mol. The molecule has 0 saturated heterocycles. The Balaban J connectivity index is 1.96. The molecule has 0 radical (unpaired) electrons. The molecule has 1 aromatic heterocycles. The molecule has 1 aliphatic rings. The number of oxime groups is 1. The fraction of sp³-hybridized carbons (Fsp3) is 0.125. The number of carbonyl (C=O) groups is 1. The summed E-state index contributed by atoms with van der Waals surface area (Å²) >= 11 is 1.61. The minimum atomic E-state index is -0.409. The van der Waals surface area contributed by atoms with Gasteiger partial charge in [0.2, 0.25) is 0 Å². The fourth-order valence-electron chi connectivity index (χ4n) is 2.02. The van der Waals surface area contributed by atoms with Crippen molar-refractivity contribution < 1.29 is 9.63 Å². The van der Waals surface area contributed by atoms with Crippen LogP contribution >= 0.6 is 11.3 Å². The van der Waals surface area contributed by atoms with Crippen LogP contribution in [0.25, 0.3) is 6.08 Å². The number of hydrogen-bond acceptors (Lipinski definition) is 5. The van der Waals surface area contributed by atoms with E-state index < -0.39 is 5.97 Å². The highest BCUT2D eigenvalue weighted by Crippen LogP contribution is 2.28. The SMILES string of the molecule is CN(C)c1ccc(/C=C2\C(=O)ON=C2c2ccccc2)s1. The molecule has 0 unspecified atom stereocenters. The summed E-state index contributed by atoms with van der Waals surface area (Å²) in [6.07, 6.45) is 1.83. The van der Waals surface area contributed by atoms with E-state index in [1.165, 1.54) is 0 Å². The van der Waals surface area contributed by atoms with Crippen molar-refractivity contribution in [3.63, 3.8) is 0 Å². The third-order valence-corrected chi connectivity index (χ3v) is 4.28. The lowest BCUT2D eigenvalue weighted by Crippen LogP contribution is -2.06. The van der Waals surface area contributed by atoms with E-state index in [9.17, 15) is 4.79 Å². The standard InChI is InChI=1S/C16H14N2O2S/c1-18(2)14-9-8-12(21-14)10-13-15(17-20-16(13)19)11-6-4-3-5-7-11/h3-10H,1-2H3/b13-10-. The van der Waals surface area contributed by atoms with E-state index >= 15 is 0 Å². The first-order chi connectivity index (χ1) is 10.1. The van der Waals surface area contributed by atoms with Crippen LogP contribution in [-0.2, 0) is 9.63 Å². The highest BCUT2D eigenvalue weighted by molar-refractivity contribution is 7.17. The molecule has 0 N–H and O–H groups in total. The average molecular weight is 298 g/mol. The summed E-state index contributed by atoms with van der Waals surface area (Å²) in [6.45, 7) is 0. The zero-order valence-electron chi connectivity index (χ0n) is 11.7. The van der Waals surface area contributed by atoms with Gasteiger partial charge in [-0.3, -0.25) is 0 Å². The minimum Gasteiger partial charge on any atom is -0.370 e. The molecule has 2 heterocycles. The maximum atomic E-state index is 11.9. The fourth-order valence-corrected chi connectivity index (χ4v) is 2.89. The van der Waals surface area contributed by atoms with E-state index in [4.69, 9.17) is 4.84 Å². The van der Waals surface area contributed by atoms with E-state index in [0.717, 1.165) is 15.4 Å². The van der Waals surface area contributed by atoms with Crippen LogP contribution in [0.1, 0.15) is 10.4 Å². The normalized spacial score (nSPS) is 16.0. The molecule has 0 bridgehead atoms. The van der Waals surface area contributed by atoms with Crippen molar-refractivity contribution in [1.29, 1.82) is 0 Å². The summed E-state index contributed by atoms with van der Waals surface area (Å²) in [5, 5.41) is 5.03. The average Bonchev–Trinajstić information content (AvgIpc) is 3.09. The van der Waals surface area contributed by atoms with Crippen molar-refractivity contribution in [3.8, 4) is 0 Å². The second kappa shape index (κ2) is 5.54. The quantitative estimate of drug-likeness (QED) is 0.645. The van der Waals surface area contributed by atoms with Crippen LogP contribution < -0.4 is 4.90 Å². The summed E-state index contributed by atoms with van der Waals surface area (Å²) < 4.78 is 0. The zero-order chi connectivity index (χ0) is 14.8. The molecule has 21 heavy (non-hydrogen) atoms. The van der Waals surface area contributed by atoms with Crippen LogP contribution in [0.3, 0.4) is 0 Å². The van der Waals surface area contributed by atoms with Crippen LogP contribution in [0.15, 0.2) is 53.2 Å². The van der Waals surface area contributed by atoms with Crippen molar-refractivity contribution in [2.75, 3.05) is 19.0 Å². The van der Waals surface area contributed by atoms with E-state index in [2.05, 4.69) is 5.16 Å². The molecule has 0 atom stereocenters. The summed E-state index contributed by atoms with van der Waals surface area (Å²) in [4.78, 5) is 19.8. The molecule has 3 rings (SSSR count). The molecule has 2 aromatic rings. The maximum absolute atomic E-state index is 11.9. The number of rotatable bonds is 3. The minimum absolute atomic E-state index is 0.409. The molecule has 0 amide bonds. The van der Waals surface area contributed by atoms with Crippen LogP contribution in [0.4, 0.5) is 5.00 Å². The van der Waals surface area contributed by atoms with Gasteiger partial charge in [0, 0.05) is 24.5 Å². The van der Waals surface area contributed by atoms with E-state index in [1.807, 2.05) is 67.5 Å². The van der Waals surface area contributed by atoms with E-state index in [-0.39, 0.29) is 0 Å². The van der Waals surface area contributed by atoms with Gasteiger partial charge < -0.3 is 9.74 Å². The van der Waals surface area contributed by atoms with Gasteiger partial charge in [-0.25, -0.2) is 4.79 Å². The monoisotopic (exact) mass is 298 g/mol. The summed E-state index contributed by atoms with van der Waals surface area (Å²) in [5.74, 6) is -0.409. The van der Waals surface area contributed by atoms with Crippen molar-refractivity contribution in [3.05, 3.63) is 58.5 Å². The number of anilines is 1. The van der Waals surface area contributed by atoms with Crippen LogP contribution in [0, 0.1) is 0 Å². The molecule has 106 valence electrons. The Morgan fingerprint density at radius 2 is 1.90 bits per heavy atom. The van der Waals surface area contributed by atoms with Gasteiger partial charge in [-0.2, -0.15) is 0 Å². The number of carbonyl (C=O) groups excluding carboxylic acids is 1. The number of hydrogen-bond donors (Lipinski definition) is 0. The molecular formula is C16H14N2O2S. The Hall–Kier alpha value is -2.40. The number of thiophene rings is 1. The van der Waals surface area contributed by atoms with Crippen molar-refractivity contribution in [1.82, 2.24) is 0 Å². The predicted octanol–water partition coefficient (Wildman–Crippen LogP) is 3.16. The molecule has 1 aromatic carbocycles. The largest absolute Gasteiger partial charge is 0.370 e. The second-order valence-electron chi connectivity index (χ2n) is 4.81. The zero-order valence-corrected chi connectivity index (χ0v) is 12.6. The lowest BCUT2D eigenvalue weighted by atomic mass is 10.0. The first-order valence-electron chi connectivity index (χ1n) is 6.49. The third kappa shape index (κ3) is 2.73. The van der Waals surface area contributed by atoms with Gasteiger partial charge in [-0.15, -0.1) is 11.3 Å². The van der Waals surface area contributed by atoms with Crippen LogP contribution in [0.2, 0.25) is 0 Å². The molecule has 0 aliphatic carbocycles. The number of nitrogens with zero attached hydrogens (tertiary/aromatic N) is 2. The summed E-state index contributed by atoms with van der Waals surface area (Å²) in [5.41, 5.74) is 1.95. The van der Waals surface area contributed by atoms with Gasteiger partial charge in [0.05, 0.1) is 10.6 Å². The molecule has 4 nitrogen and oxygen atoms in total. The molecule has 1 aliphatic heterocycles. The number of benzene rings is 1. The van der Waals surface area contributed by atoms with Crippen LogP contribution in [0.5, 0.6) is 0 Å². The van der Waals surface area contributed by atoms with E-state index in [0.29, 0.717) is 11.3 Å². The van der Waals surface area contributed by atoms with Gasteiger partial charge >= 0.3 is 5.97 Å². The lowest BCUT2D eigenvalue weighted by molar-refractivity contribution is -0.136. The Morgan fingerprint density at radius 3 is 2.57 bits per heavy atom. The first-order valence-corrected chi connectivity index (χ1v) is 7.31. The lowest BCUT2D eigenvalue weighted by Gasteiger charge is -2.06. The van der Waals surface area contributed by atoms with Crippen molar-refractivity contribution in [2.24, 2.45) is 5.16 Å². The van der Waals surface area contributed by atoms with Gasteiger partial charge in [-0.05, 0) is 18.2 Å². The van der Waals surface area contributed by atoms with Gasteiger partial charge in [0.1, 0.15) is 5.71 Å². The smallest absolute Gasteiger partial charge is 0.368 e. The van der Waals surface area contributed by atoms with Gasteiger partial charge in [0.15, 0.2) is 0 Å². The molecular weight excluding hydrogens is 284 g/mol. The molecule has 0 spiro atoms. The molecule has 5 heteroatoms. The summed E-state index contributed by atoms with van der Waals surface area (Å²) in [7, 11) is 3.98. The van der Waals surface area contributed by atoms with Gasteiger partial charge in [0.25, 0.3) is 0 Å². The molecule has 0 saturated carbocycles. The highest BCUT2D eigenvalue weighted by Gasteiger charge is 2.26. The summed E-state index contributed by atoms with van der Waals surface area (Å²) in [6, 6.07) is 13.6. The highest BCUT2D eigenvalue weighted by atomic mass is 32.1. The van der Waals surface area contributed by atoms with Crippen molar-refractivity contribution in [2.45, 2.75) is 0 Å². The Morgan fingerprint density at radius 1 is 1.14 bits per heavy atom. The molecule has 0 fully saturated rings. The Kier molecular flexibility index (Phi) is 3.58. The van der Waals surface area contributed by atoms with E-state index in [1.54, 1.807) is 11.3 Å². The second-order valence-corrected chi connectivity index (χ2v) is 5.91. The Labute approximate surface area is 127 Å². The van der Waals surface area contributed by atoms with Crippen LogP contribution in [-0.4, -0.2) is 25.8 Å². The topological polar surface area (TPSA) is 41.9 Å². The first kappa shape index (κ1) is 13.6. The van der Waals surface area contributed by atoms with Gasteiger partial charge in [-0.1, -0.05) is 35.5 Å². The third-order valence-electron chi connectivity index (χ3n) is 3.08. The maximum Gasteiger partial charge on any atom is 0.368 e. The van der Waals surface area contributed by atoms with Crippen molar-refractivity contribution >= 4 is 34.1 Å². The Bertz CT molecular complexity index is 730.